The minimum atomic E-state index is -0.981. The number of carbonyl (C=O) groups is 1. The van der Waals surface area contributed by atoms with E-state index in [1.54, 1.807) is 20.3 Å². The first-order valence-corrected chi connectivity index (χ1v) is 10.8. The van der Waals surface area contributed by atoms with Crippen molar-refractivity contribution < 1.29 is 19.4 Å². The highest BCUT2D eigenvalue weighted by molar-refractivity contribution is 7.99. The monoisotopic (exact) mass is 468 g/mol. The van der Waals surface area contributed by atoms with Gasteiger partial charge in [0.05, 0.1) is 30.4 Å². The van der Waals surface area contributed by atoms with Crippen LogP contribution in [0.5, 0.6) is 11.5 Å². The Hall–Kier alpha value is -3.91. The summed E-state index contributed by atoms with van der Waals surface area (Å²) < 4.78 is 10.6. The van der Waals surface area contributed by atoms with Crippen LogP contribution in [-0.2, 0) is 11.2 Å². The van der Waals surface area contributed by atoms with E-state index in [9.17, 15) is 10.1 Å². The summed E-state index contributed by atoms with van der Waals surface area (Å²) in [6.07, 6.45) is 0.652. The Labute approximate surface area is 195 Å². The number of fused-ring (bicyclic) bond motifs is 1. The number of nitrogen functional groups attached to an aromatic ring is 2. The van der Waals surface area contributed by atoms with Gasteiger partial charge in [0.15, 0.2) is 11.5 Å². The molecule has 0 fully saturated rings. The topological polar surface area (TPSA) is 161 Å². The average molecular weight is 469 g/mol. The lowest BCUT2D eigenvalue weighted by Crippen LogP contribution is -2.23. The smallest absolute Gasteiger partial charge is 0.313 e. The van der Waals surface area contributed by atoms with Crippen LogP contribution in [0.3, 0.4) is 0 Å². The van der Waals surface area contributed by atoms with E-state index in [1.165, 1.54) is 0 Å². The molecule has 11 heteroatoms. The number of nitrogens with zero attached hydrogens (tertiary/aromatic N) is 4. The zero-order valence-corrected chi connectivity index (χ0v) is 19.3. The maximum Gasteiger partial charge on any atom is 0.313 e. The molecule has 0 atom stereocenters. The van der Waals surface area contributed by atoms with Crippen molar-refractivity contribution in [2.75, 3.05) is 49.9 Å². The summed E-state index contributed by atoms with van der Waals surface area (Å²) in [6.45, 7) is 0.545. The van der Waals surface area contributed by atoms with Crippen molar-refractivity contribution >= 4 is 46.0 Å². The van der Waals surface area contributed by atoms with Gasteiger partial charge in [0.1, 0.15) is 29.1 Å². The van der Waals surface area contributed by atoms with Crippen LogP contribution in [0.4, 0.5) is 17.5 Å². The number of methoxy groups -OCH3 is 2. The fourth-order valence-corrected chi connectivity index (χ4v) is 4.02. The van der Waals surface area contributed by atoms with Crippen LogP contribution in [-0.4, -0.2) is 54.6 Å². The molecule has 0 amide bonds. The second kappa shape index (κ2) is 10.1. The van der Waals surface area contributed by atoms with E-state index in [0.717, 1.165) is 17.3 Å². The molecule has 2 heterocycles. The number of thioether (sulfide) groups is 1. The molecule has 0 unspecified atom stereocenters. The number of aliphatic carboxylic acids is 1. The van der Waals surface area contributed by atoms with Gasteiger partial charge in [-0.1, -0.05) is 17.8 Å². The number of pyridine rings is 2. The van der Waals surface area contributed by atoms with E-state index in [2.05, 4.69) is 16.0 Å². The Bertz CT molecular complexity index is 1240. The summed E-state index contributed by atoms with van der Waals surface area (Å²) in [7, 11) is 4.98. The Morgan fingerprint density at radius 2 is 1.88 bits per heavy atom. The zero-order chi connectivity index (χ0) is 24.1. The van der Waals surface area contributed by atoms with Gasteiger partial charge in [0, 0.05) is 19.0 Å². The van der Waals surface area contributed by atoms with Crippen LogP contribution < -0.4 is 25.8 Å². The van der Waals surface area contributed by atoms with Crippen molar-refractivity contribution in [3.05, 3.63) is 35.4 Å². The zero-order valence-electron chi connectivity index (χ0n) is 18.5. The first-order chi connectivity index (χ1) is 15.8. The van der Waals surface area contributed by atoms with Crippen molar-refractivity contribution in [2.45, 2.75) is 11.4 Å². The van der Waals surface area contributed by atoms with Crippen LogP contribution in [0.25, 0.3) is 10.8 Å². The van der Waals surface area contributed by atoms with E-state index in [4.69, 9.17) is 26.0 Å². The summed E-state index contributed by atoms with van der Waals surface area (Å²) in [5.74, 6) is 0.774. The lowest BCUT2D eigenvalue weighted by molar-refractivity contribution is -0.133. The quantitative estimate of drug-likeness (QED) is 0.396. The summed E-state index contributed by atoms with van der Waals surface area (Å²) in [5.41, 5.74) is 13.5. The van der Waals surface area contributed by atoms with Crippen molar-refractivity contribution in [2.24, 2.45) is 0 Å². The molecule has 2 aromatic heterocycles. The number of anilines is 3. The summed E-state index contributed by atoms with van der Waals surface area (Å²) in [5, 5.41) is 20.1. The number of rotatable bonds is 9. The molecule has 10 nitrogen and oxygen atoms in total. The number of carboxylic acids is 1. The number of likely N-dealkylation sites (N-methyl/N-ethyl adjacent to an activating group) is 1. The molecule has 0 saturated heterocycles. The molecule has 0 aliphatic rings. The molecule has 0 radical (unpaired) electrons. The van der Waals surface area contributed by atoms with Crippen LogP contribution in [0.15, 0.2) is 29.3 Å². The highest BCUT2D eigenvalue weighted by Crippen LogP contribution is 2.35. The van der Waals surface area contributed by atoms with Crippen molar-refractivity contribution in [3.63, 3.8) is 0 Å². The largest absolute Gasteiger partial charge is 0.493 e. The fourth-order valence-electron chi connectivity index (χ4n) is 3.39. The lowest BCUT2D eigenvalue weighted by atomic mass is 10.1. The first-order valence-electron chi connectivity index (χ1n) is 9.85. The molecule has 3 rings (SSSR count). The van der Waals surface area contributed by atoms with E-state index < -0.39 is 5.97 Å². The Balaban J connectivity index is 1.95. The van der Waals surface area contributed by atoms with Gasteiger partial charge in [-0.05, 0) is 30.2 Å². The number of benzene rings is 1. The van der Waals surface area contributed by atoms with Gasteiger partial charge < -0.3 is 30.9 Å². The first kappa shape index (κ1) is 23.7. The van der Waals surface area contributed by atoms with Gasteiger partial charge in [-0.25, -0.2) is 9.97 Å². The summed E-state index contributed by atoms with van der Waals surface area (Å²) in [6, 6.07) is 9.51. The fraction of sp³-hybridized carbons (Fsp3) is 0.273. The molecule has 1 aromatic carbocycles. The second-order valence-electron chi connectivity index (χ2n) is 7.12. The van der Waals surface area contributed by atoms with E-state index >= 15 is 0 Å². The molecule has 33 heavy (non-hydrogen) atoms. The molecule has 0 aliphatic heterocycles. The van der Waals surface area contributed by atoms with Crippen molar-refractivity contribution in [1.82, 2.24) is 9.97 Å². The number of hydrogen-bond donors (Lipinski definition) is 3. The number of carboxylic acid groups (broad SMARTS) is 1. The van der Waals surface area contributed by atoms with Gasteiger partial charge in [0.2, 0.25) is 0 Å². The molecular formula is C22H24N6O4S. The highest BCUT2D eigenvalue weighted by Gasteiger charge is 2.19. The number of ether oxygens (including phenoxy) is 2. The number of hydrogen-bond acceptors (Lipinski definition) is 10. The number of nitrogens with two attached hydrogens (primary N) is 2. The van der Waals surface area contributed by atoms with E-state index in [0.29, 0.717) is 51.6 Å². The molecule has 3 aromatic rings. The Morgan fingerprint density at radius 1 is 1.18 bits per heavy atom. The van der Waals surface area contributed by atoms with Gasteiger partial charge in [0.25, 0.3) is 0 Å². The number of nitriles is 1. The minimum Gasteiger partial charge on any atom is -0.493 e. The van der Waals surface area contributed by atoms with Crippen molar-refractivity contribution in [3.8, 4) is 17.6 Å². The van der Waals surface area contributed by atoms with Gasteiger partial charge in [-0.2, -0.15) is 5.26 Å². The number of aromatic nitrogens is 2. The van der Waals surface area contributed by atoms with Crippen LogP contribution >= 0.6 is 11.8 Å². The Morgan fingerprint density at radius 3 is 2.52 bits per heavy atom. The normalized spacial score (nSPS) is 10.6. The molecule has 172 valence electrons. The van der Waals surface area contributed by atoms with Crippen LogP contribution in [0.2, 0.25) is 0 Å². The Kier molecular flexibility index (Phi) is 7.30. The van der Waals surface area contributed by atoms with E-state index in [-0.39, 0.29) is 17.4 Å². The predicted molar refractivity (Wildman–Crippen MR) is 128 cm³/mol. The maximum absolute atomic E-state index is 10.9. The van der Waals surface area contributed by atoms with Crippen LogP contribution in [0, 0.1) is 11.3 Å². The third kappa shape index (κ3) is 5.12. The molecular weight excluding hydrogens is 444 g/mol. The van der Waals surface area contributed by atoms with Gasteiger partial charge in [-0.15, -0.1) is 0 Å². The molecule has 0 bridgehead atoms. The molecule has 0 saturated carbocycles. The third-order valence-electron chi connectivity index (χ3n) is 5.00. The lowest BCUT2D eigenvalue weighted by Gasteiger charge is -2.21. The highest BCUT2D eigenvalue weighted by atomic mass is 32.2. The standard InChI is InChI=1S/C22H24N6O4S/c1-28(7-6-12-4-5-15(31-2)16(8-12)32-3)22-14(10-23)13-9-17(33-11-18(29)30)26-20(24)19(13)21(25)27-22/h4-5,8-9H,6-7,11H2,1-3H3,(H2,24,26)(H2,25,27)(H,29,30). The minimum absolute atomic E-state index is 0.0985. The predicted octanol–water partition coefficient (Wildman–Crippen LogP) is 2.54. The van der Waals surface area contributed by atoms with Gasteiger partial charge >= 0.3 is 5.97 Å². The molecule has 5 N–H and O–H groups in total. The SMILES string of the molecule is COc1ccc(CCN(C)c2nc(N)c3c(N)nc(SCC(=O)O)cc3c2C#N)cc1OC. The average Bonchev–Trinajstić information content (AvgIpc) is 2.80. The van der Waals surface area contributed by atoms with Crippen molar-refractivity contribution in [1.29, 1.82) is 5.26 Å². The van der Waals surface area contributed by atoms with E-state index in [1.807, 2.05) is 30.1 Å². The van der Waals surface area contributed by atoms with Gasteiger partial charge in [-0.3, -0.25) is 4.79 Å². The third-order valence-corrected chi connectivity index (χ3v) is 5.90. The maximum atomic E-state index is 10.9. The summed E-state index contributed by atoms with van der Waals surface area (Å²) in [4.78, 5) is 21.4. The van der Waals surface area contributed by atoms with Crippen LogP contribution in [0.1, 0.15) is 11.1 Å². The summed E-state index contributed by atoms with van der Waals surface area (Å²) >= 11 is 1.01. The second-order valence-corrected chi connectivity index (χ2v) is 8.11. The molecule has 0 aliphatic carbocycles. The molecule has 0 spiro atoms.